The Labute approximate surface area is 155 Å². The molecule has 1 aliphatic heterocycles. The molecule has 0 saturated heterocycles. The molecule has 0 atom stereocenters. The van der Waals surface area contributed by atoms with Crippen LogP contribution in [0.4, 0.5) is 10.1 Å². The van der Waals surface area contributed by atoms with Crippen LogP contribution in [0.15, 0.2) is 36.4 Å². The Bertz CT molecular complexity index is 926. The van der Waals surface area contributed by atoms with Crippen LogP contribution >= 0.6 is 0 Å². The van der Waals surface area contributed by atoms with Crippen LogP contribution in [0.1, 0.15) is 39.6 Å². The highest BCUT2D eigenvalue weighted by molar-refractivity contribution is 6.21. The van der Waals surface area contributed by atoms with Crippen molar-refractivity contribution in [2.75, 3.05) is 18.5 Å². The maximum Gasteiger partial charge on any atom is 0.261 e. The van der Waals surface area contributed by atoms with Crippen LogP contribution in [0.3, 0.4) is 0 Å². The number of aryl methyl sites for hydroxylation is 1. The van der Waals surface area contributed by atoms with Gasteiger partial charge in [-0.3, -0.25) is 19.3 Å². The van der Waals surface area contributed by atoms with E-state index in [2.05, 4.69) is 5.32 Å². The number of carbonyl (C=O) groups excluding carboxylic acids is 3. The van der Waals surface area contributed by atoms with Crippen molar-refractivity contribution in [1.29, 1.82) is 0 Å². The number of amides is 3. The minimum absolute atomic E-state index is 0.0449. The predicted molar refractivity (Wildman–Crippen MR) is 97.4 cm³/mol. The Morgan fingerprint density at radius 3 is 2.56 bits per heavy atom. The van der Waals surface area contributed by atoms with Crippen molar-refractivity contribution in [3.63, 3.8) is 0 Å². The van der Waals surface area contributed by atoms with E-state index in [0.29, 0.717) is 17.7 Å². The topological polar surface area (TPSA) is 75.7 Å². The predicted octanol–water partition coefficient (Wildman–Crippen LogP) is 3.16. The highest BCUT2D eigenvalue weighted by atomic mass is 19.1. The van der Waals surface area contributed by atoms with Gasteiger partial charge in [-0.1, -0.05) is 11.6 Å². The lowest BCUT2D eigenvalue weighted by Crippen LogP contribution is -2.32. The van der Waals surface area contributed by atoms with Crippen LogP contribution in [0, 0.1) is 12.7 Å². The molecule has 27 heavy (non-hydrogen) atoms. The summed E-state index contributed by atoms with van der Waals surface area (Å²) in [6.45, 7) is 3.87. The lowest BCUT2D eigenvalue weighted by molar-refractivity contribution is -0.116. The Kier molecular flexibility index (Phi) is 5.21. The van der Waals surface area contributed by atoms with Crippen LogP contribution in [0.2, 0.25) is 0 Å². The quantitative estimate of drug-likeness (QED) is 0.793. The van der Waals surface area contributed by atoms with Gasteiger partial charge >= 0.3 is 0 Å². The number of halogens is 1. The largest absolute Gasteiger partial charge is 0.491 e. The van der Waals surface area contributed by atoms with E-state index in [1.54, 1.807) is 25.1 Å². The summed E-state index contributed by atoms with van der Waals surface area (Å²) in [7, 11) is 0. The highest BCUT2D eigenvalue weighted by Gasteiger charge is 2.35. The third-order valence-electron chi connectivity index (χ3n) is 4.20. The number of ether oxygens (including phenoxy) is 1. The fraction of sp³-hybridized carbons (Fsp3) is 0.250. The van der Waals surface area contributed by atoms with Gasteiger partial charge in [0.2, 0.25) is 5.91 Å². The smallest absolute Gasteiger partial charge is 0.261 e. The number of anilines is 1. The Balaban J connectivity index is 1.61. The van der Waals surface area contributed by atoms with E-state index >= 15 is 0 Å². The summed E-state index contributed by atoms with van der Waals surface area (Å²) in [5.41, 5.74) is 1.86. The molecule has 0 saturated carbocycles. The average Bonchev–Trinajstić information content (AvgIpc) is 2.86. The summed E-state index contributed by atoms with van der Waals surface area (Å²) in [5.74, 6) is -1.71. The Morgan fingerprint density at radius 2 is 1.85 bits per heavy atom. The van der Waals surface area contributed by atoms with Crippen molar-refractivity contribution in [1.82, 2.24) is 4.90 Å². The van der Waals surface area contributed by atoms with Gasteiger partial charge in [-0.2, -0.15) is 0 Å². The van der Waals surface area contributed by atoms with Crippen molar-refractivity contribution < 1.29 is 23.5 Å². The molecule has 0 aromatic heterocycles. The van der Waals surface area contributed by atoms with E-state index in [1.165, 1.54) is 12.1 Å². The van der Waals surface area contributed by atoms with Crippen molar-refractivity contribution in [3.05, 3.63) is 58.9 Å². The lowest BCUT2D eigenvalue weighted by Gasteiger charge is -2.14. The van der Waals surface area contributed by atoms with Crippen molar-refractivity contribution in [2.24, 2.45) is 0 Å². The molecule has 1 heterocycles. The fourth-order valence-electron chi connectivity index (χ4n) is 2.90. The van der Waals surface area contributed by atoms with Crippen LogP contribution in [0.5, 0.6) is 5.75 Å². The molecule has 0 bridgehead atoms. The van der Waals surface area contributed by atoms with Gasteiger partial charge in [-0.25, -0.2) is 4.39 Å². The molecule has 2 aromatic rings. The zero-order chi connectivity index (χ0) is 19.6. The first-order valence-corrected chi connectivity index (χ1v) is 8.59. The van der Waals surface area contributed by atoms with Gasteiger partial charge in [0.25, 0.3) is 11.8 Å². The van der Waals surface area contributed by atoms with E-state index in [1.807, 2.05) is 6.92 Å². The summed E-state index contributed by atoms with van der Waals surface area (Å²) in [6, 6.07) is 9.16. The minimum atomic E-state index is -0.578. The van der Waals surface area contributed by atoms with Crippen molar-refractivity contribution in [3.8, 4) is 5.75 Å². The molecule has 7 heteroatoms. The minimum Gasteiger partial charge on any atom is -0.491 e. The fourth-order valence-corrected chi connectivity index (χ4v) is 2.90. The molecule has 2 aromatic carbocycles. The number of hydrogen-bond donors (Lipinski definition) is 1. The molecule has 1 aliphatic rings. The van der Waals surface area contributed by atoms with Gasteiger partial charge in [0.05, 0.1) is 17.7 Å². The van der Waals surface area contributed by atoms with Gasteiger partial charge in [0, 0.05) is 24.7 Å². The number of nitrogens with one attached hydrogen (secondary N) is 1. The van der Waals surface area contributed by atoms with Crippen molar-refractivity contribution in [2.45, 2.75) is 20.3 Å². The van der Waals surface area contributed by atoms with Crippen LogP contribution in [-0.2, 0) is 4.79 Å². The standard InChI is InChI=1S/C20H19FN2O4/c1-3-27-17-7-5-13(11-16(17)21)22-18(24)8-9-23-19(25)14-6-4-12(2)10-15(14)20(23)26/h4-7,10-11H,3,8-9H2,1-2H3,(H,22,24). The van der Waals surface area contributed by atoms with E-state index in [9.17, 15) is 18.8 Å². The number of hydrogen-bond acceptors (Lipinski definition) is 4. The van der Waals surface area contributed by atoms with Crippen molar-refractivity contribution >= 4 is 23.4 Å². The number of nitrogens with zero attached hydrogens (tertiary/aromatic N) is 1. The van der Waals surface area contributed by atoms with Crippen LogP contribution in [0.25, 0.3) is 0 Å². The Hall–Kier alpha value is -3.22. The number of rotatable bonds is 6. The summed E-state index contributed by atoms with van der Waals surface area (Å²) < 4.78 is 18.9. The zero-order valence-corrected chi connectivity index (χ0v) is 15.0. The maximum absolute atomic E-state index is 13.8. The third-order valence-corrected chi connectivity index (χ3v) is 4.20. The molecule has 0 unspecified atom stereocenters. The number of imide groups is 1. The SMILES string of the molecule is CCOc1ccc(NC(=O)CCN2C(=O)c3ccc(C)cc3C2=O)cc1F. The van der Waals surface area contributed by atoms with Gasteiger partial charge < -0.3 is 10.1 Å². The molecule has 3 rings (SSSR count). The average molecular weight is 370 g/mol. The second-order valence-electron chi connectivity index (χ2n) is 6.19. The van der Waals surface area contributed by atoms with Gasteiger partial charge in [0.1, 0.15) is 0 Å². The summed E-state index contributed by atoms with van der Waals surface area (Å²) >= 11 is 0. The Morgan fingerprint density at radius 1 is 1.11 bits per heavy atom. The van der Waals surface area contributed by atoms with Crippen LogP contribution in [-0.4, -0.2) is 35.8 Å². The monoisotopic (exact) mass is 370 g/mol. The molecule has 0 aliphatic carbocycles. The molecule has 140 valence electrons. The first-order valence-electron chi connectivity index (χ1n) is 8.59. The van der Waals surface area contributed by atoms with Gasteiger partial charge in [-0.05, 0) is 38.1 Å². The van der Waals surface area contributed by atoms with E-state index in [0.717, 1.165) is 16.5 Å². The van der Waals surface area contributed by atoms with E-state index in [-0.39, 0.29) is 24.4 Å². The molecule has 6 nitrogen and oxygen atoms in total. The summed E-state index contributed by atoms with van der Waals surface area (Å²) in [4.78, 5) is 37.9. The molecule has 3 amide bonds. The normalized spacial score (nSPS) is 12.9. The molecule has 1 N–H and O–H groups in total. The summed E-state index contributed by atoms with van der Waals surface area (Å²) in [6.07, 6.45) is -0.0840. The second-order valence-corrected chi connectivity index (χ2v) is 6.19. The number of fused-ring (bicyclic) bond motifs is 1. The summed E-state index contributed by atoms with van der Waals surface area (Å²) in [5, 5.41) is 2.55. The van der Waals surface area contributed by atoms with E-state index in [4.69, 9.17) is 4.74 Å². The third kappa shape index (κ3) is 3.81. The second kappa shape index (κ2) is 7.57. The number of benzene rings is 2. The highest BCUT2D eigenvalue weighted by Crippen LogP contribution is 2.24. The zero-order valence-electron chi connectivity index (χ0n) is 15.0. The first-order chi connectivity index (χ1) is 12.9. The van der Waals surface area contributed by atoms with Gasteiger partial charge in [0.15, 0.2) is 11.6 Å². The number of carbonyl (C=O) groups is 3. The molecule has 0 spiro atoms. The van der Waals surface area contributed by atoms with Crippen LogP contribution < -0.4 is 10.1 Å². The molecule has 0 fully saturated rings. The lowest BCUT2D eigenvalue weighted by atomic mass is 10.1. The molecular formula is C20H19FN2O4. The maximum atomic E-state index is 13.8. The molecule has 0 radical (unpaired) electrons. The first kappa shape index (κ1) is 18.6. The van der Waals surface area contributed by atoms with Gasteiger partial charge in [-0.15, -0.1) is 0 Å². The van der Waals surface area contributed by atoms with E-state index < -0.39 is 23.5 Å². The molecular weight excluding hydrogens is 351 g/mol.